The fraction of sp³-hybridized carbons (Fsp3) is 0.174. The number of aryl methyl sites for hydroxylation is 1. The maximum absolute atomic E-state index is 13.1. The molecule has 36 heavy (non-hydrogen) atoms. The van der Waals surface area contributed by atoms with E-state index in [4.69, 9.17) is 16.3 Å². The first kappa shape index (κ1) is 26.0. The fourth-order valence-electron chi connectivity index (χ4n) is 3.41. The van der Waals surface area contributed by atoms with Crippen molar-refractivity contribution < 1.29 is 21.6 Å². The summed E-state index contributed by atoms with van der Waals surface area (Å²) in [5.74, 6) is 0.515. The Morgan fingerprint density at radius 1 is 0.861 bits per heavy atom. The zero-order valence-electron chi connectivity index (χ0n) is 19.4. The van der Waals surface area contributed by atoms with E-state index in [-0.39, 0.29) is 42.4 Å². The number of halogens is 1. The summed E-state index contributed by atoms with van der Waals surface area (Å²) >= 11 is 7.03. The van der Waals surface area contributed by atoms with Gasteiger partial charge in [-0.15, -0.1) is 0 Å². The number of nitrogens with one attached hydrogen (secondary N) is 2. The number of rotatable bonds is 8. The van der Waals surface area contributed by atoms with Crippen LogP contribution >= 0.6 is 23.1 Å². The first-order chi connectivity index (χ1) is 16.9. The molecule has 4 aromatic rings. The number of fused-ring (bicyclic) bond motifs is 1. The van der Waals surface area contributed by atoms with Gasteiger partial charge in [-0.25, -0.2) is 16.8 Å². The van der Waals surface area contributed by atoms with E-state index in [0.29, 0.717) is 11.3 Å². The van der Waals surface area contributed by atoms with Crippen LogP contribution in [-0.2, 0) is 27.1 Å². The molecule has 13 heteroatoms. The molecule has 0 saturated carbocycles. The largest absolute Gasteiger partial charge is 0.491 e. The number of benzene rings is 3. The predicted octanol–water partition coefficient (Wildman–Crippen LogP) is 4.64. The van der Waals surface area contributed by atoms with Crippen molar-refractivity contribution >= 4 is 65.5 Å². The zero-order chi connectivity index (χ0) is 26.3. The van der Waals surface area contributed by atoms with Crippen molar-refractivity contribution in [3.63, 3.8) is 0 Å². The van der Waals surface area contributed by atoms with Crippen molar-refractivity contribution in [3.05, 3.63) is 75.2 Å². The highest BCUT2D eigenvalue weighted by Gasteiger charge is 2.21. The SMILES string of the molecule is CC(C)Oc1ccc(S(=O)(=O)Nc2ccc(Cl)cc2NS(=O)(=O)c2ccc3c(c2)c(=O)sn3C)cc1. The van der Waals surface area contributed by atoms with Gasteiger partial charge in [0.05, 0.1) is 38.2 Å². The number of hydrogen-bond acceptors (Lipinski definition) is 7. The van der Waals surface area contributed by atoms with Crippen molar-refractivity contribution in [2.45, 2.75) is 29.7 Å². The lowest BCUT2D eigenvalue weighted by molar-refractivity contribution is 0.242. The van der Waals surface area contributed by atoms with E-state index in [9.17, 15) is 21.6 Å². The number of hydrogen-bond donors (Lipinski definition) is 2. The average Bonchev–Trinajstić information content (AvgIpc) is 3.08. The minimum Gasteiger partial charge on any atom is -0.491 e. The van der Waals surface area contributed by atoms with E-state index in [1.807, 2.05) is 13.8 Å². The van der Waals surface area contributed by atoms with Crippen molar-refractivity contribution in [3.8, 4) is 5.75 Å². The number of sulfonamides is 2. The van der Waals surface area contributed by atoms with Crippen LogP contribution in [0.1, 0.15) is 13.8 Å². The van der Waals surface area contributed by atoms with Crippen LogP contribution < -0.4 is 18.9 Å². The van der Waals surface area contributed by atoms with Crippen LogP contribution in [0.25, 0.3) is 10.9 Å². The molecular formula is C23H22ClN3O6S3. The highest BCUT2D eigenvalue weighted by Crippen LogP contribution is 2.31. The smallest absolute Gasteiger partial charge is 0.261 e. The molecule has 0 unspecified atom stereocenters. The standard InChI is InChI=1S/C23H22ClN3O6S3/c1-14(2)33-16-5-7-17(8-6-16)35(29,30)25-20-10-4-15(24)12-21(20)26-36(31,32)18-9-11-22-19(13-18)23(28)34-27(22)3/h4-14,25-26H,1-3H3. The first-order valence-corrected chi connectivity index (χ1v) is 14.7. The minimum atomic E-state index is -4.19. The van der Waals surface area contributed by atoms with E-state index < -0.39 is 20.0 Å². The minimum absolute atomic E-state index is 0.0296. The highest BCUT2D eigenvalue weighted by molar-refractivity contribution is 7.93. The second-order valence-electron chi connectivity index (χ2n) is 8.09. The molecule has 0 bridgehead atoms. The lowest BCUT2D eigenvalue weighted by Crippen LogP contribution is -2.18. The molecule has 0 aliphatic carbocycles. The van der Waals surface area contributed by atoms with Crippen LogP contribution in [0, 0.1) is 0 Å². The molecule has 0 fully saturated rings. The second kappa shape index (κ2) is 9.77. The van der Waals surface area contributed by atoms with Crippen molar-refractivity contribution in [1.29, 1.82) is 0 Å². The molecule has 0 radical (unpaired) electrons. The van der Waals surface area contributed by atoms with E-state index in [0.717, 1.165) is 11.5 Å². The summed E-state index contributed by atoms with van der Waals surface area (Å²) in [7, 11) is -6.56. The van der Waals surface area contributed by atoms with Crippen LogP contribution in [0.15, 0.2) is 75.2 Å². The van der Waals surface area contributed by atoms with Crippen molar-refractivity contribution in [2.75, 3.05) is 9.44 Å². The Labute approximate surface area is 217 Å². The number of anilines is 2. The summed E-state index contributed by atoms with van der Waals surface area (Å²) < 4.78 is 64.0. The predicted molar refractivity (Wildman–Crippen MR) is 142 cm³/mol. The van der Waals surface area contributed by atoms with Crippen LogP contribution in [0.3, 0.4) is 0 Å². The van der Waals surface area contributed by atoms with Gasteiger partial charge in [-0.3, -0.25) is 18.2 Å². The van der Waals surface area contributed by atoms with E-state index in [1.165, 1.54) is 60.7 Å². The quantitative estimate of drug-likeness (QED) is 0.320. The van der Waals surface area contributed by atoms with Gasteiger partial charge in [-0.05, 0) is 86.0 Å². The van der Waals surface area contributed by atoms with Gasteiger partial charge >= 0.3 is 0 Å². The molecule has 4 rings (SSSR count). The van der Waals surface area contributed by atoms with Gasteiger partial charge in [0.2, 0.25) is 0 Å². The topological polar surface area (TPSA) is 124 Å². The Bertz CT molecular complexity index is 1710. The normalized spacial score (nSPS) is 12.1. The Hall–Kier alpha value is -3.06. The third kappa shape index (κ3) is 5.51. The third-order valence-electron chi connectivity index (χ3n) is 5.03. The summed E-state index contributed by atoms with van der Waals surface area (Å²) in [5.41, 5.74) is 0.493. The van der Waals surface area contributed by atoms with Gasteiger partial charge in [-0.2, -0.15) is 0 Å². The van der Waals surface area contributed by atoms with Gasteiger partial charge in [-0.1, -0.05) is 11.6 Å². The molecule has 0 atom stereocenters. The van der Waals surface area contributed by atoms with E-state index in [1.54, 1.807) is 11.0 Å². The summed E-state index contributed by atoms with van der Waals surface area (Å²) in [5, 5.41) is 0.454. The third-order valence-corrected chi connectivity index (χ3v) is 8.87. The summed E-state index contributed by atoms with van der Waals surface area (Å²) in [6, 6.07) is 14.1. The Morgan fingerprint density at radius 2 is 1.47 bits per heavy atom. The van der Waals surface area contributed by atoms with E-state index in [2.05, 4.69) is 9.44 Å². The molecule has 0 amide bonds. The number of aromatic nitrogens is 1. The summed E-state index contributed by atoms with van der Waals surface area (Å²) in [6.45, 7) is 3.71. The lowest BCUT2D eigenvalue weighted by Gasteiger charge is -2.16. The van der Waals surface area contributed by atoms with Gasteiger partial charge in [0.15, 0.2) is 0 Å². The van der Waals surface area contributed by atoms with Gasteiger partial charge < -0.3 is 4.74 Å². The Kier molecular flexibility index (Phi) is 7.06. The molecule has 1 heterocycles. The highest BCUT2D eigenvalue weighted by atomic mass is 35.5. The fourth-order valence-corrected chi connectivity index (χ4v) is 6.53. The second-order valence-corrected chi connectivity index (χ2v) is 13.0. The molecule has 190 valence electrons. The molecule has 0 aliphatic rings. The Balaban J connectivity index is 1.65. The van der Waals surface area contributed by atoms with Gasteiger partial charge in [0, 0.05) is 12.1 Å². The molecule has 1 aromatic heterocycles. The summed E-state index contributed by atoms with van der Waals surface area (Å²) in [4.78, 5) is 12.0. The van der Waals surface area contributed by atoms with E-state index >= 15 is 0 Å². The molecular weight excluding hydrogens is 546 g/mol. The molecule has 9 nitrogen and oxygen atoms in total. The van der Waals surface area contributed by atoms with Crippen LogP contribution in [0.4, 0.5) is 11.4 Å². The molecule has 0 spiro atoms. The molecule has 0 saturated heterocycles. The first-order valence-electron chi connectivity index (χ1n) is 10.6. The van der Waals surface area contributed by atoms with Crippen molar-refractivity contribution in [1.82, 2.24) is 3.96 Å². The number of nitrogens with zero attached hydrogens (tertiary/aromatic N) is 1. The van der Waals surface area contributed by atoms with Gasteiger partial charge in [0.25, 0.3) is 24.8 Å². The van der Waals surface area contributed by atoms with Crippen molar-refractivity contribution in [2.24, 2.45) is 7.05 Å². The Morgan fingerprint density at radius 3 is 2.14 bits per heavy atom. The maximum atomic E-state index is 13.1. The molecule has 2 N–H and O–H groups in total. The van der Waals surface area contributed by atoms with Gasteiger partial charge in [0.1, 0.15) is 5.75 Å². The van der Waals surface area contributed by atoms with Crippen LogP contribution in [-0.4, -0.2) is 26.9 Å². The van der Waals surface area contributed by atoms with Crippen LogP contribution in [0.5, 0.6) is 5.75 Å². The summed E-state index contributed by atoms with van der Waals surface area (Å²) in [6.07, 6.45) is -0.0707. The average molecular weight is 568 g/mol. The van der Waals surface area contributed by atoms with Crippen LogP contribution in [0.2, 0.25) is 5.02 Å². The molecule has 0 aliphatic heterocycles. The zero-order valence-corrected chi connectivity index (χ0v) is 22.6. The monoisotopic (exact) mass is 567 g/mol. The maximum Gasteiger partial charge on any atom is 0.261 e. The number of ether oxygens (including phenoxy) is 1. The molecule has 3 aromatic carbocycles. The lowest BCUT2D eigenvalue weighted by atomic mass is 10.2.